The number of nitrogens with zero attached hydrogens (tertiary/aromatic N) is 2. The minimum Gasteiger partial charge on any atom is -0.310 e. The topological polar surface area (TPSA) is 29.9 Å². The van der Waals surface area contributed by atoms with E-state index in [0.717, 1.165) is 30.5 Å². The fraction of sp³-hybridized carbons (Fsp3) is 0.400. The third-order valence-electron chi connectivity index (χ3n) is 3.19. The van der Waals surface area contributed by atoms with Crippen molar-refractivity contribution in [3.63, 3.8) is 0 Å². The van der Waals surface area contributed by atoms with E-state index < -0.39 is 0 Å². The summed E-state index contributed by atoms with van der Waals surface area (Å²) in [5.74, 6) is 0. The normalized spacial score (nSPS) is 12.6. The maximum atomic E-state index is 6.33. The summed E-state index contributed by atoms with van der Waals surface area (Å²) >= 11 is 12.7. The molecule has 1 N–H and O–H groups in total. The van der Waals surface area contributed by atoms with Gasteiger partial charge in [0.1, 0.15) is 0 Å². The Morgan fingerprint density at radius 3 is 2.55 bits per heavy atom. The molecule has 1 heterocycles. The van der Waals surface area contributed by atoms with Crippen molar-refractivity contribution < 1.29 is 0 Å². The number of hydrogen-bond donors (Lipinski definition) is 1. The molecule has 0 fully saturated rings. The fourth-order valence-electron chi connectivity index (χ4n) is 2.25. The zero-order valence-corrected chi connectivity index (χ0v) is 13.2. The van der Waals surface area contributed by atoms with Gasteiger partial charge in [-0.05, 0) is 37.1 Å². The molecular weight excluding hydrogens is 293 g/mol. The summed E-state index contributed by atoms with van der Waals surface area (Å²) in [6.45, 7) is 3.06. The van der Waals surface area contributed by atoms with Crippen molar-refractivity contribution in [3.8, 4) is 0 Å². The molecule has 1 unspecified atom stereocenters. The maximum absolute atomic E-state index is 6.33. The van der Waals surface area contributed by atoms with Crippen LogP contribution in [-0.4, -0.2) is 16.3 Å². The number of aryl methyl sites for hydroxylation is 1. The SMILES string of the molecule is CCCNC(Cc1cnn(C)c1)c1c(Cl)cccc1Cl. The van der Waals surface area contributed by atoms with Crippen molar-refractivity contribution in [1.29, 1.82) is 0 Å². The summed E-state index contributed by atoms with van der Waals surface area (Å²) in [6.07, 6.45) is 5.78. The summed E-state index contributed by atoms with van der Waals surface area (Å²) in [7, 11) is 1.92. The van der Waals surface area contributed by atoms with Crippen molar-refractivity contribution >= 4 is 23.2 Å². The molecule has 2 aromatic rings. The smallest absolute Gasteiger partial charge is 0.0522 e. The summed E-state index contributed by atoms with van der Waals surface area (Å²) in [6, 6.07) is 5.73. The highest BCUT2D eigenvalue weighted by molar-refractivity contribution is 6.36. The van der Waals surface area contributed by atoms with E-state index in [0.29, 0.717) is 10.0 Å². The highest BCUT2D eigenvalue weighted by atomic mass is 35.5. The average molecular weight is 312 g/mol. The quantitative estimate of drug-likeness (QED) is 0.873. The Labute approximate surface area is 129 Å². The first-order valence-corrected chi connectivity index (χ1v) is 7.52. The first-order chi connectivity index (χ1) is 9.61. The Kier molecular flexibility index (Phi) is 5.46. The molecule has 0 aliphatic rings. The van der Waals surface area contributed by atoms with Crippen LogP contribution in [0.15, 0.2) is 30.6 Å². The summed E-state index contributed by atoms with van der Waals surface area (Å²) in [5.41, 5.74) is 2.13. The molecule has 0 spiro atoms. The fourth-order valence-corrected chi connectivity index (χ4v) is 2.91. The number of halogens is 2. The van der Waals surface area contributed by atoms with Gasteiger partial charge < -0.3 is 5.32 Å². The van der Waals surface area contributed by atoms with Crippen LogP contribution in [0.25, 0.3) is 0 Å². The minimum absolute atomic E-state index is 0.0975. The second-order valence-electron chi connectivity index (χ2n) is 4.87. The van der Waals surface area contributed by atoms with Crippen LogP contribution in [-0.2, 0) is 13.5 Å². The third kappa shape index (κ3) is 3.75. The molecule has 3 nitrogen and oxygen atoms in total. The minimum atomic E-state index is 0.0975. The molecule has 0 radical (unpaired) electrons. The largest absolute Gasteiger partial charge is 0.310 e. The van der Waals surface area contributed by atoms with Crippen molar-refractivity contribution in [2.75, 3.05) is 6.54 Å². The Balaban J connectivity index is 2.27. The molecule has 0 amide bonds. The second kappa shape index (κ2) is 7.11. The van der Waals surface area contributed by atoms with Gasteiger partial charge in [0.05, 0.1) is 6.20 Å². The van der Waals surface area contributed by atoms with E-state index in [2.05, 4.69) is 17.3 Å². The lowest BCUT2D eigenvalue weighted by atomic mass is 10.0. The molecule has 20 heavy (non-hydrogen) atoms. The van der Waals surface area contributed by atoms with Crippen molar-refractivity contribution in [2.45, 2.75) is 25.8 Å². The van der Waals surface area contributed by atoms with Gasteiger partial charge in [0.15, 0.2) is 0 Å². The van der Waals surface area contributed by atoms with Crippen LogP contribution < -0.4 is 5.32 Å². The molecule has 1 aromatic carbocycles. The van der Waals surface area contributed by atoms with E-state index in [1.807, 2.05) is 37.6 Å². The Morgan fingerprint density at radius 2 is 2.00 bits per heavy atom. The van der Waals surface area contributed by atoms with Crippen molar-refractivity contribution in [1.82, 2.24) is 15.1 Å². The Bertz CT molecular complexity index is 546. The number of rotatable bonds is 6. The molecule has 0 bridgehead atoms. The Morgan fingerprint density at radius 1 is 1.30 bits per heavy atom. The number of benzene rings is 1. The highest BCUT2D eigenvalue weighted by Gasteiger charge is 2.18. The first kappa shape index (κ1) is 15.4. The van der Waals surface area contributed by atoms with Gasteiger partial charge in [-0.2, -0.15) is 5.10 Å². The number of aromatic nitrogens is 2. The van der Waals surface area contributed by atoms with Gasteiger partial charge in [-0.25, -0.2) is 0 Å². The van der Waals surface area contributed by atoms with Crippen LogP contribution in [0.3, 0.4) is 0 Å². The summed E-state index contributed by atoms with van der Waals surface area (Å²) < 4.78 is 1.81. The van der Waals surface area contributed by atoms with Gasteiger partial charge in [0, 0.05) is 34.9 Å². The third-order valence-corrected chi connectivity index (χ3v) is 3.85. The van der Waals surface area contributed by atoms with E-state index >= 15 is 0 Å². The molecule has 0 saturated carbocycles. The summed E-state index contributed by atoms with van der Waals surface area (Å²) in [4.78, 5) is 0. The molecule has 0 aliphatic heterocycles. The van der Waals surface area contributed by atoms with E-state index in [4.69, 9.17) is 23.2 Å². The van der Waals surface area contributed by atoms with Crippen LogP contribution >= 0.6 is 23.2 Å². The van der Waals surface area contributed by atoms with Gasteiger partial charge in [-0.3, -0.25) is 4.68 Å². The lowest BCUT2D eigenvalue weighted by molar-refractivity contribution is 0.529. The molecular formula is C15H19Cl2N3. The van der Waals surface area contributed by atoms with Crippen molar-refractivity contribution in [3.05, 3.63) is 51.8 Å². The molecule has 1 aromatic heterocycles. The number of nitrogens with one attached hydrogen (secondary N) is 1. The van der Waals surface area contributed by atoms with E-state index in [1.54, 1.807) is 4.68 Å². The summed E-state index contributed by atoms with van der Waals surface area (Å²) in [5, 5.41) is 9.14. The van der Waals surface area contributed by atoms with Gasteiger partial charge in [0.2, 0.25) is 0 Å². The molecule has 0 saturated heterocycles. The monoisotopic (exact) mass is 311 g/mol. The highest BCUT2D eigenvalue weighted by Crippen LogP contribution is 2.32. The van der Waals surface area contributed by atoms with Crippen LogP contribution in [0.2, 0.25) is 10.0 Å². The predicted octanol–water partition coefficient (Wildman–Crippen LogP) is 4.01. The molecule has 5 heteroatoms. The van der Waals surface area contributed by atoms with Gasteiger partial charge in [0.25, 0.3) is 0 Å². The Hall–Kier alpha value is -1.03. The van der Waals surface area contributed by atoms with Gasteiger partial charge >= 0.3 is 0 Å². The van der Waals surface area contributed by atoms with E-state index in [-0.39, 0.29) is 6.04 Å². The van der Waals surface area contributed by atoms with Crippen LogP contribution in [0.5, 0.6) is 0 Å². The van der Waals surface area contributed by atoms with Crippen molar-refractivity contribution in [2.24, 2.45) is 7.05 Å². The molecule has 1 atom stereocenters. The van der Waals surface area contributed by atoms with Gasteiger partial charge in [-0.1, -0.05) is 36.2 Å². The zero-order chi connectivity index (χ0) is 14.5. The molecule has 108 valence electrons. The molecule has 2 rings (SSSR count). The van der Waals surface area contributed by atoms with E-state index in [9.17, 15) is 0 Å². The zero-order valence-electron chi connectivity index (χ0n) is 11.7. The standard InChI is InChI=1S/C15H19Cl2N3/c1-3-7-18-14(8-11-9-19-20(2)10-11)15-12(16)5-4-6-13(15)17/h4-6,9-10,14,18H,3,7-8H2,1-2H3. The lowest BCUT2D eigenvalue weighted by Crippen LogP contribution is -2.24. The molecule has 0 aliphatic carbocycles. The average Bonchev–Trinajstić information content (AvgIpc) is 2.81. The van der Waals surface area contributed by atoms with Crippen LogP contribution in [0.4, 0.5) is 0 Å². The maximum Gasteiger partial charge on any atom is 0.0522 e. The predicted molar refractivity (Wildman–Crippen MR) is 84.4 cm³/mol. The number of hydrogen-bond acceptors (Lipinski definition) is 2. The second-order valence-corrected chi connectivity index (χ2v) is 5.68. The van der Waals surface area contributed by atoms with Crippen LogP contribution in [0, 0.1) is 0 Å². The van der Waals surface area contributed by atoms with Gasteiger partial charge in [-0.15, -0.1) is 0 Å². The van der Waals surface area contributed by atoms with Crippen LogP contribution in [0.1, 0.15) is 30.5 Å². The lowest BCUT2D eigenvalue weighted by Gasteiger charge is -2.21. The first-order valence-electron chi connectivity index (χ1n) is 6.76. The van der Waals surface area contributed by atoms with E-state index in [1.165, 1.54) is 0 Å².